The van der Waals surface area contributed by atoms with Crippen LogP contribution >= 0.6 is 0 Å². The largest absolute Gasteiger partial charge is 0.495 e. The number of nitrogens with one attached hydrogen (secondary N) is 4. The van der Waals surface area contributed by atoms with Gasteiger partial charge in [0.25, 0.3) is 0 Å². The standard InChI is InChI=1S/C26H33N5O8/c1-16-6-4-5-7-19(16)28-25(37)29-20-9-8-17(13-22(20)39-3)12-18(32)15-27-10-11-31(2)26(38)30-21(24(35)36)14-23(33)34/h4-9,13,21,27H,10-12,14-15H2,1-3H3,(H,30,38)(H,33,34)(H,35,36)(H2,28,29,37). The number of carbonyl (C=O) groups excluding carboxylic acids is 3. The van der Waals surface area contributed by atoms with Gasteiger partial charge in [-0.15, -0.1) is 0 Å². The molecule has 210 valence electrons. The van der Waals surface area contributed by atoms with Crippen molar-refractivity contribution in [1.29, 1.82) is 0 Å². The van der Waals surface area contributed by atoms with E-state index < -0.39 is 36.5 Å². The van der Waals surface area contributed by atoms with E-state index in [0.717, 1.165) is 5.56 Å². The Labute approximate surface area is 225 Å². The lowest BCUT2D eigenvalue weighted by atomic mass is 10.1. The summed E-state index contributed by atoms with van der Waals surface area (Å²) < 4.78 is 5.37. The number of rotatable bonds is 14. The topological polar surface area (TPSA) is 186 Å². The summed E-state index contributed by atoms with van der Waals surface area (Å²) in [6.07, 6.45) is -0.644. The van der Waals surface area contributed by atoms with Gasteiger partial charge in [0.15, 0.2) is 5.78 Å². The first-order chi connectivity index (χ1) is 18.5. The van der Waals surface area contributed by atoms with Crippen LogP contribution in [-0.2, 0) is 20.8 Å². The molecule has 1 atom stereocenters. The number of urea groups is 2. The van der Waals surface area contributed by atoms with Crippen molar-refractivity contribution in [3.8, 4) is 5.75 Å². The fraction of sp³-hybridized carbons (Fsp3) is 0.346. The molecule has 0 spiro atoms. The summed E-state index contributed by atoms with van der Waals surface area (Å²) in [4.78, 5) is 59.9. The molecular formula is C26H33N5O8. The van der Waals surface area contributed by atoms with Gasteiger partial charge in [0.1, 0.15) is 11.8 Å². The number of carbonyl (C=O) groups is 5. The van der Waals surface area contributed by atoms with E-state index in [-0.39, 0.29) is 31.8 Å². The summed E-state index contributed by atoms with van der Waals surface area (Å²) in [5.41, 5.74) is 2.71. The number of hydrogen-bond donors (Lipinski definition) is 6. The van der Waals surface area contributed by atoms with Crippen molar-refractivity contribution in [3.05, 3.63) is 53.6 Å². The zero-order valence-electron chi connectivity index (χ0n) is 21.9. The van der Waals surface area contributed by atoms with Gasteiger partial charge in [-0.2, -0.15) is 0 Å². The Balaban J connectivity index is 1.80. The summed E-state index contributed by atoms with van der Waals surface area (Å²) in [6, 6.07) is 9.65. The second-order valence-corrected chi connectivity index (χ2v) is 8.68. The summed E-state index contributed by atoms with van der Waals surface area (Å²) in [5, 5.41) is 28.3. The van der Waals surface area contributed by atoms with Crippen LogP contribution in [0.4, 0.5) is 21.0 Å². The Kier molecular flexibility index (Phi) is 11.7. The van der Waals surface area contributed by atoms with Gasteiger partial charge in [0.2, 0.25) is 0 Å². The number of aryl methyl sites for hydroxylation is 1. The van der Waals surface area contributed by atoms with Crippen molar-refractivity contribution >= 4 is 41.2 Å². The Morgan fingerprint density at radius 2 is 1.69 bits per heavy atom. The van der Waals surface area contributed by atoms with Crippen molar-refractivity contribution < 1.29 is 38.9 Å². The third-order valence-corrected chi connectivity index (χ3v) is 5.58. The number of aliphatic carboxylic acids is 2. The molecule has 4 amide bonds. The number of amides is 4. The molecule has 0 saturated heterocycles. The zero-order valence-corrected chi connectivity index (χ0v) is 21.9. The zero-order chi connectivity index (χ0) is 28.9. The third kappa shape index (κ3) is 10.3. The molecule has 0 saturated carbocycles. The Hall–Kier alpha value is -4.65. The van der Waals surface area contributed by atoms with Crippen LogP contribution in [0.3, 0.4) is 0 Å². The molecular weight excluding hydrogens is 510 g/mol. The van der Waals surface area contributed by atoms with E-state index in [2.05, 4.69) is 21.3 Å². The fourth-order valence-electron chi connectivity index (χ4n) is 3.44. The van der Waals surface area contributed by atoms with Gasteiger partial charge in [-0.1, -0.05) is 24.3 Å². The van der Waals surface area contributed by atoms with Gasteiger partial charge in [0.05, 0.1) is 25.8 Å². The second-order valence-electron chi connectivity index (χ2n) is 8.68. The number of likely N-dealkylation sites (N-methyl/N-ethyl adjacent to an activating group) is 1. The summed E-state index contributed by atoms with van der Waals surface area (Å²) in [6.45, 7) is 2.30. The predicted octanol–water partition coefficient (Wildman–Crippen LogP) is 1.92. The van der Waals surface area contributed by atoms with E-state index in [1.807, 2.05) is 25.1 Å². The minimum atomic E-state index is -1.55. The number of ketones is 1. The number of para-hydroxylation sites is 1. The van der Waals surface area contributed by atoms with E-state index in [4.69, 9.17) is 14.9 Å². The van der Waals surface area contributed by atoms with Crippen LogP contribution in [0.2, 0.25) is 0 Å². The van der Waals surface area contributed by atoms with E-state index in [9.17, 15) is 24.0 Å². The van der Waals surface area contributed by atoms with Crippen LogP contribution in [0.1, 0.15) is 17.5 Å². The first-order valence-electron chi connectivity index (χ1n) is 12.0. The normalized spacial score (nSPS) is 11.2. The van der Waals surface area contributed by atoms with Crippen molar-refractivity contribution in [2.24, 2.45) is 0 Å². The van der Waals surface area contributed by atoms with Gasteiger partial charge < -0.3 is 41.1 Å². The highest BCUT2D eigenvalue weighted by Crippen LogP contribution is 2.26. The Bertz CT molecular complexity index is 1200. The molecule has 0 aliphatic heterocycles. The van der Waals surface area contributed by atoms with E-state index in [1.165, 1.54) is 19.1 Å². The SMILES string of the molecule is COc1cc(CC(=O)CNCCN(C)C(=O)NC(CC(=O)O)C(=O)O)ccc1NC(=O)Nc1ccccc1C. The molecule has 0 radical (unpaired) electrons. The number of anilines is 2. The number of Topliss-reactive ketones (excluding diaryl/α,β-unsaturated/α-hetero) is 1. The molecule has 2 aromatic rings. The Morgan fingerprint density at radius 1 is 1.00 bits per heavy atom. The van der Waals surface area contributed by atoms with Crippen LogP contribution < -0.4 is 26.0 Å². The number of carboxylic acids is 2. The van der Waals surface area contributed by atoms with Crippen LogP contribution in [-0.4, -0.2) is 84.7 Å². The van der Waals surface area contributed by atoms with Gasteiger partial charge >= 0.3 is 24.0 Å². The molecule has 0 aromatic heterocycles. The lowest BCUT2D eigenvalue weighted by Gasteiger charge is -2.20. The van der Waals surface area contributed by atoms with Gasteiger partial charge in [-0.25, -0.2) is 14.4 Å². The van der Waals surface area contributed by atoms with Crippen LogP contribution in [0.5, 0.6) is 5.75 Å². The lowest BCUT2D eigenvalue weighted by molar-refractivity contribution is -0.145. The predicted molar refractivity (Wildman–Crippen MR) is 143 cm³/mol. The molecule has 6 N–H and O–H groups in total. The van der Waals surface area contributed by atoms with E-state index in [0.29, 0.717) is 22.7 Å². The first-order valence-corrected chi connectivity index (χ1v) is 12.0. The lowest BCUT2D eigenvalue weighted by Crippen LogP contribution is -2.48. The number of nitrogens with zero attached hydrogens (tertiary/aromatic N) is 1. The molecule has 0 aliphatic carbocycles. The van der Waals surface area contributed by atoms with Crippen molar-refractivity contribution in [2.75, 3.05) is 44.4 Å². The summed E-state index contributed by atoms with van der Waals surface area (Å²) in [5.74, 6) is -2.54. The quantitative estimate of drug-likeness (QED) is 0.194. The van der Waals surface area contributed by atoms with Crippen molar-refractivity contribution in [1.82, 2.24) is 15.5 Å². The highest BCUT2D eigenvalue weighted by Gasteiger charge is 2.24. The van der Waals surface area contributed by atoms with Crippen LogP contribution in [0, 0.1) is 6.92 Å². The molecule has 2 rings (SSSR count). The molecule has 39 heavy (non-hydrogen) atoms. The molecule has 2 aromatic carbocycles. The van der Waals surface area contributed by atoms with E-state index in [1.54, 1.807) is 24.3 Å². The Morgan fingerprint density at radius 3 is 2.33 bits per heavy atom. The smallest absolute Gasteiger partial charge is 0.326 e. The average molecular weight is 544 g/mol. The maximum atomic E-state index is 12.4. The van der Waals surface area contributed by atoms with Crippen LogP contribution in [0.15, 0.2) is 42.5 Å². The molecule has 0 heterocycles. The number of carboxylic acid groups (broad SMARTS) is 2. The van der Waals surface area contributed by atoms with Gasteiger partial charge in [-0.3, -0.25) is 9.59 Å². The third-order valence-electron chi connectivity index (χ3n) is 5.58. The molecule has 13 nitrogen and oxygen atoms in total. The maximum absolute atomic E-state index is 12.4. The van der Waals surface area contributed by atoms with Gasteiger partial charge in [0, 0.05) is 32.2 Å². The monoisotopic (exact) mass is 543 g/mol. The van der Waals surface area contributed by atoms with Gasteiger partial charge in [-0.05, 0) is 36.2 Å². The number of benzene rings is 2. The minimum Gasteiger partial charge on any atom is -0.495 e. The number of methoxy groups -OCH3 is 1. The fourth-order valence-corrected chi connectivity index (χ4v) is 3.44. The second kappa shape index (κ2) is 14.9. The molecule has 1 unspecified atom stereocenters. The van der Waals surface area contributed by atoms with Crippen molar-refractivity contribution in [2.45, 2.75) is 25.8 Å². The molecule has 0 aliphatic rings. The minimum absolute atomic E-state index is 0.0212. The average Bonchev–Trinajstić information content (AvgIpc) is 2.87. The maximum Gasteiger partial charge on any atom is 0.326 e. The molecule has 0 bridgehead atoms. The number of ether oxygens (including phenoxy) is 1. The van der Waals surface area contributed by atoms with Crippen molar-refractivity contribution in [3.63, 3.8) is 0 Å². The highest BCUT2D eigenvalue weighted by molar-refractivity contribution is 6.01. The van der Waals surface area contributed by atoms with Crippen LogP contribution in [0.25, 0.3) is 0 Å². The molecule has 13 heteroatoms. The number of hydrogen-bond acceptors (Lipinski definition) is 7. The first kappa shape index (κ1) is 30.6. The summed E-state index contributed by atoms with van der Waals surface area (Å²) >= 11 is 0. The molecule has 0 fully saturated rings. The highest BCUT2D eigenvalue weighted by atomic mass is 16.5. The summed E-state index contributed by atoms with van der Waals surface area (Å²) in [7, 11) is 2.88. The van der Waals surface area contributed by atoms with E-state index >= 15 is 0 Å².